The fraction of sp³-hybridized carbons (Fsp3) is 0.212. The Balaban J connectivity index is 1.23. The van der Waals surface area contributed by atoms with Crippen LogP contribution in [0.5, 0.6) is 0 Å². The lowest BCUT2D eigenvalue weighted by Gasteiger charge is -2.25. The van der Waals surface area contributed by atoms with E-state index in [2.05, 4.69) is 48.3 Å². The van der Waals surface area contributed by atoms with Crippen molar-refractivity contribution in [3.8, 4) is 0 Å². The molecule has 1 saturated heterocycles. The summed E-state index contributed by atoms with van der Waals surface area (Å²) in [4.78, 5) is 29.4. The second-order valence-electron chi connectivity index (χ2n) is 10.0. The maximum Gasteiger partial charge on any atom is 0.411 e. The number of nitrogens with zero attached hydrogens (tertiary/aromatic N) is 2. The topological polar surface area (TPSA) is 61.9 Å². The average Bonchev–Trinajstić information content (AvgIpc) is 3.32. The molecule has 1 aliphatic rings. The third kappa shape index (κ3) is 6.29. The van der Waals surface area contributed by atoms with Gasteiger partial charge in [-0.15, -0.1) is 0 Å². The van der Waals surface area contributed by atoms with Crippen molar-refractivity contribution in [3.63, 3.8) is 0 Å². The van der Waals surface area contributed by atoms with Crippen LogP contribution < -0.4 is 15.1 Å². The third-order valence-corrected chi connectivity index (χ3v) is 6.89. The Bertz CT molecular complexity index is 1410. The van der Waals surface area contributed by atoms with E-state index in [9.17, 15) is 9.59 Å². The lowest BCUT2D eigenvalue weighted by molar-refractivity contribution is -0.117. The molecule has 0 radical (unpaired) electrons. The van der Waals surface area contributed by atoms with Crippen LogP contribution in [0.1, 0.15) is 37.3 Å². The van der Waals surface area contributed by atoms with Crippen LogP contribution in [0.4, 0.5) is 27.5 Å². The van der Waals surface area contributed by atoms with Crippen molar-refractivity contribution in [3.05, 3.63) is 120 Å². The van der Waals surface area contributed by atoms with Crippen molar-refractivity contribution in [2.24, 2.45) is 0 Å². The van der Waals surface area contributed by atoms with E-state index < -0.39 is 12.2 Å². The fourth-order valence-corrected chi connectivity index (χ4v) is 4.94. The highest BCUT2D eigenvalue weighted by Gasteiger charge is 2.34. The van der Waals surface area contributed by atoms with Gasteiger partial charge in [-0.05, 0) is 59.5 Å². The molecule has 0 bridgehead atoms. The average molecular weight is 520 g/mol. The first-order valence-corrected chi connectivity index (χ1v) is 13.3. The molecule has 1 N–H and O–H groups in total. The van der Waals surface area contributed by atoms with Gasteiger partial charge in [0.2, 0.25) is 5.91 Å². The Labute approximate surface area is 229 Å². The van der Waals surface area contributed by atoms with E-state index in [0.29, 0.717) is 18.8 Å². The van der Waals surface area contributed by atoms with E-state index in [-0.39, 0.29) is 18.2 Å². The summed E-state index contributed by atoms with van der Waals surface area (Å²) in [5.74, 6) is 0.246. The van der Waals surface area contributed by atoms with Crippen LogP contribution in [0.3, 0.4) is 0 Å². The van der Waals surface area contributed by atoms with E-state index in [1.807, 2.05) is 84.9 Å². The smallest absolute Gasteiger partial charge is 0.411 e. The zero-order chi connectivity index (χ0) is 27.2. The molecular formula is C33H33N3O3. The highest BCUT2D eigenvalue weighted by molar-refractivity contribution is 5.97. The molecule has 1 aliphatic heterocycles. The van der Waals surface area contributed by atoms with Gasteiger partial charge in [-0.3, -0.25) is 10.1 Å². The van der Waals surface area contributed by atoms with Gasteiger partial charge < -0.3 is 14.5 Å². The normalized spacial score (nSPS) is 14.9. The minimum Gasteiger partial charge on any atom is -0.444 e. The summed E-state index contributed by atoms with van der Waals surface area (Å²) in [7, 11) is 0. The Morgan fingerprint density at radius 3 is 2.18 bits per heavy atom. The van der Waals surface area contributed by atoms with Crippen molar-refractivity contribution in [2.75, 3.05) is 21.7 Å². The van der Waals surface area contributed by atoms with Crippen LogP contribution in [0.15, 0.2) is 109 Å². The number of benzene rings is 4. The number of anilines is 4. The maximum absolute atomic E-state index is 12.8. The van der Waals surface area contributed by atoms with Crippen molar-refractivity contribution in [1.82, 2.24) is 0 Å². The standard InChI is InChI=1S/C33H33N3O3/c1-24(2)30-15-9-10-16-31(30)36-23-29(21-32(36)37)39-33(38)34-26-17-19-28(20-18-26)35(27-13-7-4-8-14-27)22-25-11-5-3-6-12-25/h3-20,24,29H,21-23H2,1-2H3,(H,34,38). The van der Waals surface area contributed by atoms with Gasteiger partial charge in [-0.25, -0.2) is 4.79 Å². The van der Waals surface area contributed by atoms with Gasteiger partial charge in [0.1, 0.15) is 6.10 Å². The quantitative estimate of drug-likeness (QED) is 0.262. The number of hydrogen-bond donors (Lipinski definition) is 1. The predicted octanol–water partition coefficient (Wildman–Crippen LogP) is 7.50. The van der Waals surface area contributed by atoms with Crippen molar-refractivity contribution < 1.29 is 14.3 Å². The number of nitrogens with one attached hydrogen (secondary N) is 1. The van der Waals surface area contributed by atoms with Crippen LogP contribution in [0.25, 0.3) is 0 Å². The predicted molar refractivity (Wildman–Crippen MR) is 157 cm³/mol. The second kappa shape index (κ2) is 11.9. The minimum atomic E-state index is -0.566. The van der Waals surface area contributed by atoms with E-state index >= 15 is 0 Å². The first-order valence-electron chi connectivity index (χ1n) is 13.3. The zero-order valence-electron chi connectivity index (χ0n) is 22.3. The number of ether oxygens (including phenoxy) is 1. The molecule has 0 saturated carbocycles. The molecule has 0 aliphatic carbocycles. The molecule has 1 fully saturated rings. The van der Waals surface area contributed by atoms with Crippen LogP contribution in [-0.4, -0.2) is 24.6 Å². The summed E-state index contributed by atoms with van der Waals surface area (Å²) < 4.78 is 5.64. The van der Waals surface area contributed by atoms with Crippen LogP contribution in [0.2, 0.25) is 0 Å². The molecule has 1 atom stereocenters. The van der Waals surface area contributed by atoms with Crippen LogP contribution in [0, 0.1) is 0 Å². The lowest BCUT2D eigenvalue weighted by atomic mass is 10.0. The monoisotopic (exact) mass is 519 g/mol. The number of hydrogen-bond acceptors (Lipinski definition) is 4. The summed E-state index contributed by atoms with van der Waals surface area (Å²) in [6.07, 6.45) is -0.898. The maximum atomic E-state index is 12.8. The first-order chi connectivity index (χ1) is 19.0. The number of carbonyl (C=O) groups excluding carboxylic acids is 2. The van der Waals surface area contributed by atoms with Gasteiger partial charge in [-0.2, -0.15) is 0 Å². The Kier molecular flexibility index (Phi) is 7.92. The van der Waals surface area contributed by atoms with E-state index in [1.165, 1.54) is 5.56 Å². The second-order valence-corrected chi connectivity index (χ2v) is 10.0. The summed E-state index contributed by atoms with van der Waals surface area (Å²) in [6, 6.07) is 36.1. The van der Waals surface area contributed by atoms with Crippen molar-refractivity contribution >= 4 is 34.7 Å². The molecule has 198 valence electrons. The third-order valence-electron chi connectivity index (χ3n) is 6.89. The first kappa shape index (κ1) is 26.0. The lowest BCUT2D eigenvalue weighted by Crippen LogP contribution is -2.28. The number of carbonyl (C=O) groups is 2. The highest BCUT2D eigenvalue weighted by Crippen LogP contribution is 2.32. The molecule has 0 spiro atoms. The Hall–Kier alpha value is -4.58. The van der Waals surface area contributed by atoms with Gasteiger partial charge in [0.05, 0.1) is 13.0 Å². The molecule has 4 aromatic rings. The Morgan fingerprint density at radius 2 is 1.49 bits per heavy atom. The van der Waals surface area contributed by atoms with Gasteiger partial charge in [0.15, 0.2) is 0 Å². The molecule has 1 unspecified atom stereocenters. The fourth-order valence-electron chi connectivity index (χ4n) is 4.94. The molecule has 5 rings (SSSR count). The molecular weight excluding hydrogens is 486 g/mol. The molecule has 1 heterocycles. The molecule has 6 heteroatoms. The van der Waals surface area contributed by atoms with Gasteiger partial charge in [0.25, 0.3) is 0 Å². The largest absolute Gasteiger partial charge is 0.444 e. The summed E-state index contributed by atoms with van der Waals surface area (Å²) in [6.45, 7) is 5.27. The SMILES string of the molecule is CC(C)c1ccccc1N1CC(OC(=O)Nc2ccc(N(Cc3ccccc3)c3ccccc3)cc2)CC1=O. The molecule has 39 heavy (non-hydrogen) atoms. The summed E-state index contributed by atoms with van der Waals surface area (Å²) in [5, 5.41) is 2.81. The highest BCUT2D eigenvalue weighted by atomic mass is 16.6. The number of amides is 2. The van der Waals surface area contributed by atoms with Gasteiger partial charge in [-0.1, -0.05) is 80.6 Å². The van der Waals surface area contributed by atoms with Crippen molar-refractivity contribution in [2.45, 2.75) is 38.8 Å². The molecule has 2 amide bonds. The molecule has 4 aromatic carbocycles. The van der Waals surface area contributed by atoms with E-state index in [1.54, 1.807) is 4.90 Å². The van der Waals surface area contributed by atoms with Gasteiger partial charge in [0, 0.05) is 29.3 Å². The number of para-hydroxylation sites is 2. The molecule has 6 nitrogen and oxygen atoms in total. The van der Waals surface area contributed by atoms with E-state index in [0.717, 1.165) is 22.6 Å². The zero-order valence-corrected chi connectivity index (χ0v) is 22.3. The van der Waals surface area contributed by atoms with E-state index in [4.69, 9.17) is 4.74 Å². The molecule has 0 aromatic heterocycles. The van der Waals surface area contributed by atoms with Crippen LogP contribution in [-0.2, 0) is 16.1 Å². The summed E-state index contributed by atoms with van der Waals surface area (Å²) >= 11 is 0. The Morgan fingerprint density at radius 1 is 0.872 bits per heavy atom. The van der Waals surface area contributed by atoms with Crippen molar-refractivity contribution in [1.29, 1.82) is 0 Å². The van der Waals surface area contributed by atoms with Gasteiger partial charge >= 0.3 is 6.09 Å². The number of rotatable bonds is 8. The minimum absolute atomic E-state index is 0.0373. The summed E-state index contributed by atoms with van der Waals surface area (Å²) in [5.41, 5.74) is 5.90. The van der Waals surface area contributed by atoms with Crippen LogP contribution >= 0.6 is 0 Å².